The van der Waals surface area contributed by atoms with Crippen molar-refractivity contribution in [2.45, 2.75) is 26.0 Å². The van der Waals surface area contributed by atoms with Crippen molar-refractivity contribution < 1.29 is 14.6 Å². The summed E-state index contributed by atoms with van der Waals surface area (Å²) in [6.45, 7) is 5.05. The maximum absolute atomic E-state index is 12.1. The zero-order valence-corrected chi connectivity index (χ0v) is 17.3. The molecule has 0 radical (unpaired) electrons. The van der Waals surface area contributed by atoms with E-state index in [4.69, 9.17) is 4.74 Å². The average molecular weight is 405 g/mol. The van der Waals surface area contributed by atoms with E-state index in [-0.39, 0.29) is 19.0 Å². The molecule has 0 saturated heterocycles. The van der Waals surface area contributed by atoms with Gasteiger partial charge in [0.2, 0.25) is 5.91 Å². The maximum atomic E-state index is 12.1. The molecule has 152 valence electrons. The fraction of sp³-hybridized carbons (Fsp3) is 0.400. The molecule has 7 nitrogen and oxygen atoms in total. The third-order valence-electron chi connectivity index (χ3n) is 4.03. The molecule has 0 saturated carbocycles. The number of amides is 1. The van der Waals surface area contributed by atoms with Crippen molar-refractivity contribution in [1.29, 1.82) is 0 Å². The summed E-state index contributed by atoms with van der Waals surface area (Å²) in [7, 11) is 1.62. The van der Waals surface area contributed by atoms with Gasteiger partial charge in [-0.25, -0.2) is 4.99 Å². The number of carbonyl (C=O) groups is 1. The lowest BCUT2D eigenvalue weighted by Gasteiger charge is -2.23. The molecule has 1 amide bonds. The van der Waals surface area contributed by atoms with E-state index in [1.54, 1.807) is 14.0 Å². The number of nitrogens with one attached hydrogen (secondary N) is 3. The van der Waals surface area contributed by atoms with E-state index in [1.807, 2.05) is 48.7 Å². The Morgan fingerprint density at radius 3 is 2.57 bits per heavy atom. The Hall–Kier alpha value is -2.58. The van der Waals surface area contributed by atoms with E-state index in [1.165, 1.54) is 11.3 Å². The molecule has 1 unspecified atom stereocenters. The number of rotatable bonds is 9. The highest BCUT2D eigenvalue weighted by Crippen LogP contribution is 2.24. The first-order valence-corrected chi connectivity index (χ1v) is 10.0. The predicted octanol–water partition coefficient (Wildman–Crippen LogP) is 1.84. The number of aliphatic imine (C=N–C) groups is 1. The number of hydrogen-bond acceptors (Lipinski definition) is 5. The van der Waals surface area contributed by atoms with Crippen LogP contribution < -0.4 is 20.7 Å². The molecule has 8 heteroatoms. The summed E-state index contributed by atoms with van der Waals surface area (Å²) in [6.07, 6.45) is 0. The molecule has 1 aromatic carbocycles. The zero-order valence-electron chi connectivity index (χ0n) is 16.5. The number of hydrogen-bond donors (Lipinski definition) is 4. The highest BCUT2D eigenvalue weighted by Gasteiger charge is 2.24. The maximum Gasteiger partial charge on any atom is 0.242 e. The van der Waals surface area contributed by atoms with Crippen LogP contribution in [-0.2, 0) is 16.9 Å². The summed E-state index contributed by atoms with van der Waals surface area (Å²) in [5.74, 6) is 1.08. The highest BCUT2D eigenvalue weighted by atomic mass is 32.1. The SMILES string of the molecule is CCNC(=NCC(=O)NCc1ccc(OC)cc1)NCC(C)(O)c1cccs1. The van der Waals surface area contributed by atoms with Gasteiger partial charge in [-0.05, 0) is 43.0 Å². The molecule has 2 aromatic rings. The number of methoxy groups -OCH3 is 1. The van der Waals surface area contributed by atoms with Crippen molar-refractivity contribution in [3.8, 4) is 5.75 Å². The smallest absolute Gasteiger partial charge is 0.242 e. The third-order valence-corrected chi connectivity index (χ3v) is 5.15. The van der Waals surface area contributed by atoms with Gasteiger partial charge in [0.1, 0.15) is 17.9 Å². The molecule has 0 spiro atoms. The second-order valence-electron chi connectivity index (χ2n) is 6.42. The van der Waals surface area contributed by atoms with Gasteiger partial charge in [-0.2, -0.15) is 0 Å². The van der Waals surface area contributed by atoms with E-state index in [2.05, 4.69) is 20.9 Å². The van der Waals surface area contributed by atoms with Crippen LogP contribution in [0.15, 0.2) is 46.8 Å². The van der Waals surface area contributed by atoms with Gasteiger partial charge in [0.15, 0.2) is 5.96 Å². The summed E-state index contributed by atoms with van der Waals surface area (Å²) >= 11 is 1.50. The van der Waals surface area contributed by atoms with Crippen molar-refractivity contribution >= 4 is 23.2 Å². The summed E-state index contributed by atoms with van der Waals surface area (Å²) < 4.78 is 5.12. The van der Waals surface area contributed by atoms with Gasteiger partial charge in [0.05, 0.1) is 13.7 Å². The highest BCUT2D eigenvalue weighted by molar-refractivity contribution is 7.10. The minimum Gasteiger partial charge on any atom is -0.497 e. The molecule has 2 rings (SSSR count). The van der Waals surface area contributed by atoms with Crippen LogP contribution in [0, 0.1) is 0 Å². The normalized spacial score (nSPS) is 13.5. The fourth-order valence-electron chi connectivity index (χ4n) is 2.42. The molecule has 1 aromatic heterocycles. The molecule has 0 aliphatic heterocycles. The number of benzene rings is 1. The number of guanidine groups is 1. The van der Waals surface area contributed by atoms with Crippen LogP contribution in [0.2, 0.25) is 0 Å². The predicted molar refractivity (Wildman–Crippen MR) is 113 cm³/mol. The van der Waals surface area contributed by atoms with Crippen molar-refractivity contribution in [2.75, 3.05) is 26.7 Å². The summed E-state index contributed by atoms with van der Waals surface area (Å²) in [5.41, 5.74) is -0.0313. The van der Waals surface area contributed by atoms with Crippen LogP contribution in [0.3, 0.4) is 0 Å². The fourth-order valence-corrected chi connectivity index (χ4v) is 3.21. The largest absolute Gasteiger partial charge is 0.497 e. The molecule has 0 bridgehead atoms. The van der Waals surface area contributed by atoms with Gasteiger partial charge in [-0.3, -0.25) is 4.79 Å². The lowest BCUT2D eigenvalue weighted by atomic mass is 10.1. The minimum absolute atomic E-state index is 0.00731. The van der Waals surface area contributed by atoms with E-state index < -0.39 is 5.60 Å². The van der Waals surface area contributed by atoms with Crippen molar-refractivity contribution in [3.05, 3.63) is 52.2 Å². The van der Waals surface area contributed by atoms with Gasteiger partial charge >= 0.3 is 0 Å². The van der Waals surface area contributed by atoms with Gasteiger partial charge < -0.3 is 25.8 Å². The Morgan fingerprint density at radius 1 is 1.21 bits per heavy atom. The summed E-state index contributed by atoms with van der Waals surface area (Å²) in [5, 5.41) is 21.5. The Labute approximate surface area is 169 Å². The molecule has 1 heterocycles. The number of nitrogens with zero attached hydrogens (tertiary/aromatic N) is 1. The molecule has 4 N–H and O–H groups in total. The number of carbonyl (C=O) groups excluding carboxylic acids is 1. The van der Waals surface area contributed by atoms with Gasteiger partial charge in [0, 0.05) is 18.0 Å². The molecule has 1 atom stereocenters. The van der Waals surface area contributed by atoms with Crippen LogP contribution >= 0.6 is 11.3 Å². The van der Waals surface area contributed by atoms with Crippen LogP contribution in [0.4, 0.5) is 0 Å². The number of ether oxygens (including phenoxy) is 1. The zero-order chi connectivity index (χ0) is 20.4. The molecule has 28 heavy (non-hydrogen) atoms. The Kier molecular flexibility index (Phi) is 8.28. The summed E-state index contributed by atoms with van der Waals surface area (Å²) in [4.78, 5) is 17.3. The first-order valence-electron chi connectivity index (χ1n) is 9.12. The topological polar surface area (TPSA) is 95.0 Å². The van der Waals surface area contributed by atoms with Crippen molar-refractivity contribution in [1.82, 2.24) is 16.0 Å². The molecule has 0 aliphatic carbocycles. The van der Waals surface area contributed by atoms with Gasteiger partial charge in [0.25, 0.3) is 0 Å². The number of thiophene rings is 1. The van der Waals surface area contributed by atoms with Crippen molar-refractivity contribution in [2.24, 2.45) is 4.99 Å². The molecular weight excluding hydrogens is 376 g/mol. The van der Waals surface area contributed by atoms with E-state index in [9.17, 15) is 9.90 Å². The van der Waals surface area contributed by atoms with Crippen LogP contribution in [0.1, 0.15) is 24.3 Å². The Balaban J connectivity index is 1.84. The van der Waals surface area contributed by atoms with Crippen LogP contribution in [-0.4, -0.2) is 43.7 Å². The van der Waals surface area contributed by atoms with E-state index in [0.717, 1.165) is 16.2 Å². The third kappa shape index (κ3) is 6.86. The lowest BCUT2D eigenvalue weighted by molar-refractivity contribution is -0.119. The van der Waals surface area contributed by atoms with E-state index >= 15 is 0 Å². The molecule has 0 aliphatic rings. The van der Waals surface area contributed by atoms with Gasteiger partial charge in [-0.15, -0.1) is 11.3 Å². The second kappa shape index (κ2) is 10.7. The number of aliphatic hydroxyl groups is 1. The first kappa shape index (κ1) is 21.7. The lowest BCUT2D eigenvalue weighted by Crippen LogP contribution is -2.44. The van der Waals surface area contributed by atoms with Crippen molar-refractivity contribution in [3.63, 3.8) is 0 Å². The van der Waals surface area contributed by atoms with E-state index in [0.29, 0.717) is 19.0 Å². The molecule has 0 fully saturated rings. The monoisotopic (exact) mass is 404 g/mol. The minimum atomic E-state index is -1.01. The Morgan fingerprint density at radius 2 is 1.96 bits per heavy atom. The molecular formula is C20H28N4O3S. The summed E-state index contributed by atoms with van der Waals surface area (Å²) in [6, 6.07) is 11.3. The van der Waals surface area contributed by atoms with Crippen LogP contribution in [0.5, 0.6) is 5.75 Å². The first-order chi connectivity index (χ1) is 13.4. The Bertz CT molecular complexity index is 758. The van der Waals surface area contributed by atoms with Gasteiger partial charge in [-0.1, -0.05) is 18.2 Å². The quantitative estimate of drug-likeness (QED) is 0.378. The second-order valence-corrected chi connectivity index (χ2v) is 7.37. The standard InChI is InChI=1S/C20H28N4O3S/c1-4-21-19(24-14-20(2,26)17-6-5-11-28-17)23-13-18(25)22-12-15-7-9-16(27-3)10-8-15/h5-11,26H,4,12-14H2,1-3H3,(H,22,25)(H2,21,23,24). The van der Waals surface area contributed by atoms with Crippen LogP contribution in [0.25, 0.3) is 0 Å². The average Bonchev–Trinajstić information content (AvgIpc) is 3.25.